The molecule has 0 bridgehead atoms. The molecular formula is C20H35NO2S. The predicted molar refractivity (Wildman–Crippen MR) is 103 cm³/mol. The first-order valence-corrected chi connectivity index (χ1v) is 10.9. The number of hydrogen-bond donors (Lipinski definition) is 0. The van der Waals surface area contributed by atoms with E-state index >= 15 is 0 Å². The lowest BCUT2D eigenvalue weighted by Gasteiger charge is -2.23. The molecule has 1 aromatic carbocycles. The van der Waals surface area contributed by atoms with Crippen LogP contribution < -0.4 is 0 Å². The lowest BCUT2D eigenvalue weighted by molar-refractivity contribution is 0.385. The number of sulfonamides is 1. The quantitative estimate of drug-likeness (QED) is 0.468. The molecule has 0 aliphatic heterocycles. The van der Waals surface area contributed by atoms with Crippen molar-refractivity contribution >= 4 is 10.0 Å². The molecule has 0 radical (unpaired) electrons. The summed E-state index contributed by atoms with van der Waals surface area (Å²) in [5, 5.41) is 0. The van der Waals surface area contributed by atoms with Crippen molar-refractivity contribution in [1.82, 2.24) is 4.31 Å². The van der Waals surface area contributed by atoms with Gasteiger partial charge in [0.1, 0.15) is 0 Å². The number of benzene rings is 1. The zero-order valence-corrected chi connectivity index (χ0v) is 16.8. The van der Waals surface area contributed by atoms with Crippen LogP contribution in [0.3, 0.4) is 0 Å². The van der Waals surface area contributed by atoms with Crippen LogP contribution in [0.15, 0.2) is 23.1 Å². The van der Waals surface area contributed by atoms with E-state index in [-0.39, 0.29) is 0 Å². The molecule has 24 heavy (non-hydrogen) atoms. The van der Waals surface area contributed by atoms with Gasteiger partial charge in [0.15, 0.2) is 0 Å². The summed E-state index contributed by atoms with van der Waals surface area (Å²) in [6.45, 7) is 9.62. The van der Waals surface area contributed by atoms with Gasteiger partial charge in [-0.05, 0) is 49.9 Å². The van der Waals surface area contributed by atoms with E-state index in [9.17, 15) is 8.42 Å². The van der Waals surface area contributed by atoms with Crippen LogP contribution in [0.25, 0.3) is 0 Å². The van der Waals surface area contributed by atoms with E-state index in [1.54, 1.807) is 10.4 Å². The molecule has 0 saturated carbocycles. The van der Waals surface area contributed by atoms with E-state index < -0.39 is 10.0 Å². The maximum Gasteiger partial charge on any atom is 0.243 e. The fourth-order valence-electron chi connectivity index (χ4n) is 2.81. The Morgan fingerprint density at radius 3 is 1.79 bits per heavy atom. The highest BCUT2D eigenvalue weighted by atomic mass is 32.2. The highest BCUT2D eigenvalue weighted by Crippen LogP contribution is 2.20. The van der Waals surface area contributed by atoms with Gasteiger partial charge < -0.3 is 0 Å². The van der Waals surface area contributed by atoms with E-state index in [2.05, 4.69) is 13.8 Å². The van der Waals surface area contributed by atoms with Gasteiger partial charge in [0.25, 0.3) is 0 Å². The van der Waals surface area contributed by atoms with Crippen molar-refractivity contribution in [2.75, 3.05) is 13.1 Å². The van der Waals surface area contributed by atoms with Crippen molar-refractivity contribution in [2.24, 2.45) is 0 Å². The molecule has 0 atom stereocenters. The van der Waals surface area contributed by atoms with Crippen LogP contribution >= 0.6 is 0 Å². The third-order valence-corrected chi connectivity index (χ3v) is 6.53. The molecule has 0 spiro atoms. The molecule has 0 heterocycles. The molecular weight excluding hydrogens is 318 g/mol. The van der Waals surface area contributed by atoms with Crippen LogP contribution in [0, 0.1) is 13.8 Å². The van der Waals surface area contributed by atoms with Gasteiger partial charge in [-0.3, -0.25) is 0 Å². The fraction of sp³-hybridized carbons (Fsp3) is 0.700. The minimum absolute atomic E-state index is 0.441. The first-order valence-electron chi connectivity index (χ1n) is 9.50. The molecule has 138 valence electrons. The minimum atomic E-state index is -3.38. The Hall–Kier alpha value is -0.870. The standard InChI is InChI=1S/C20H35NO2S/c1-5-7-9-11-15-21(16-12-10-8-6-2)24(22,23)20-14-13-18(3)19(4)17-20/h13-14,17H,5-12,15-16H2,1-4H3. The Balaban J connectivity index is 2.85. The Morgan fingerprint density at radius 1 is 0.792 bits per heavy atom. The SMILES string of the molecule is CCCCCCN(CCCCCC)S(=O)(=O)c1ccc(C)c(C)c1. The fourth-order valence-corrected chi connectivity index (χ4v) is 4.41. The van der Waals surface area contributed by atoms with Crippen molar-refractivity contribution in [3.63, 3.8) is 0 Å². The summed E-state index contributed by atoms with van der Waals surface area (Å²) >= 11 is 0. The topological polar surface area (TPSA) is 37.4 Å². The average Bonchev–Trinajstić information content (AvgIpc) is 2.55. The molecule has 0 saturated heterocycles. The predicted octanol–water partition coefficient (Wildman–Crippen LogP) is 5.45. The summed E-state index contributed by atoms with van der Waals surface area (Å²) in [5.74, 6) is 0. The molecule has 1 rings (SSSR count). The van der Waals surface area contributed by atoms with Crippen LogP contribution in [-0.4, -0.2) is 25.8 Å². The first kappa shape index (κ1) is 21.2. The zero-order chi connectivity index (χ0) is 18.0. The summed E-state index contributed by atoms with van der Waals surface area (Å²) < 4.78 is 27.8. The number of aryl methyl sites for hydroxylation is 2. The minimum Gasteiger partial charge on any atom is -0.207 e. The van der Waals surface area contributed by atoms with E-state index in [4.69, 9.17) is 0 Å². The Labute approximate surface area is 149 Å². The average molecular weight is 354 g/mol. The monoisotopic (exact) mass is 353 g/mol. The Morgan fingerprint density at radius 2 is 1.33 bits per heavy atom. The van der Waals surface area contributed by atoms with E-state index in [1.807, 2.05) is 26.0 Å². The maximum absolute atomic E-state index is 13.0. The third-order valence-electron chi connectivity index (χ3n) is 4.64. The van der Waals surface area contributed by atoms with E-state index in [0.29, 0.717) is 18.0 Å². The lowest BCUT2D eigenvalue weighted by Crippen LogP contribution is -2.33. The van der Waals surface area contributed by atoms with Crippen molar-refractivity contribution in [2.45, 2.75) is 84.0 Å². The number of rotatable bonds is 12. The molecule has 0 N–H and O–H groups in total. The second-order valence-corrected chi connectivity index (χ2v) is 8.71. The Bertz CT molecular complexity index is 569. The van der Waals surface area contributed by atoms with Crippen LogP contribution in [0.2, 0.25) is 0 Å². The third kappa shape index (κ3) is 6.56. The van der Waals surface area contributed by atoms with Crippen molar-refractivity contribution < 1.29 is 8.42 Å². The van der Waals surface area contributed by atoms with Gasteiger partial charge in [0, 0.05) is 13.1 Å². The first-order chi connectivity index (χ1) is 11.4. The van der Waals surface area contributed by atoms with Crippen molar-refractivity contribution in [3.05, 3.63) is 29.3 Å². The summed E-state index contributed by atoms with van der Waals surface area (Å²) in [6, 6.07) is 5.48. The van der Waals surface area contributed by atoms with Crippen LogP contribution in [0.5, 0.6) is 0 Å². The Kier molecular flexibility index (Phi) is 9.60. The van der Waals surface area contributed by atoms with Gasteiger partial charge >= 0.3 is 0 Å². The highest BCUT2D eigenvalue weighted by molar-refractivity contribution is 7.89. The largest absolute Gasteiger partial charge is 0.243 e. The molecule has 0 fully saturated rings. The maximum atomic E-state index is 13.0. The molecule has 0 amide bonds. The molecule has 4 heteroatoms. The molecule has 0 aromatic heterocycles. The van der Waals surface area contributed by atoms with E-state index in [0.717, 1.165) is 36.8 Å². The summed E-state index contributed by atoms with van der Waals surface area (Å²) in [7, 11) is -3.38. The molecule has 0 aliphatic rings. The summed E-state index contributed by atoms with van der Waals surface area (Å²) in [6.07, 6.45) is 8.79. The molecule has 0 unspecified atom stereocenters. The van der Waals surface area contributed by atoms with Gasteiger partial charge in [-0.25, -0.2) is 8.42 Å². The second kappa shape index (κ2) is 10.9. The van der Waals surface area contributed by atoms with Crippen LogP contribution in [0.4, 0.5) is 0 Å². The smallest absolute Gasteiger partial charge is 0.207 e. The number of hydrogen-bond acceptors (Lipinski definition) is 2. The van der Waals surface area contributed by atoms with E-state index in [1.165, 1.54) is 25.7 Å². The van der Waals surface area contributed by atoms with Gasteiger partial charge in [-0.2, -0.15) is 4.31 Å². The lowest BCUT2D eigenvalue weighted by atomic mass is 10.1. The van der Waals surface area contributed by atoms with Crippen molar-refractivity contribution in [3.8, 4) is 0 Å². The molecule has 0 aliphatic carbocycles. The van der Waals surface area contributed by atoms with Gasteiger partial charge in [0.2, 0.25) is 10.0 Å². The molecule has 1 aromatic rings. The normalized spacial score (nSPS) is 12.0. The van der Waals surface area contributed by atoms with Crippen LogP contribution in [0.1, 0.15) is 76.3 Å². The highest BCUT2D eigenvalue weighted by Gasteiger charge is 2.23. The van der Waals surface area contributed by atoms with Gasteiger partial charge in [-0.15, -0.1) is 0 Å². The number of nitrogens with zero attached hydrogens (tertiary/aromatic N) is 1. The van der Waals surface area contributed by atoms with Crippen molar-refractivity contribution in [1.29, 1.82) is 0 Å². The summed E-state index contributed by atoms with van der Waals surface area (Å²) in [4.78, 5) is 0.441. The van der Waals surface area contributed by atoms with Crippen LogP contribution in [-0.2, 0) is 10.0 Å². The zero-order valence-electron chi connectivity index (χ0n) is 16.0. The second-order valence-electron chi connectivity index (χ2n) is 6.77. The van der Waals surface area contributed by atoms with Gasteiger partial charge in [-0.1, -0.05) is 58.4 Å². The molecule has 3 nitrogen and oxygen atoms in total. The summed E-state index contributed by atoms with van der Waals surface area (Å²) in [5.41, 5.74) is 2.17. The number of unbranched alkanes of at least 4 members (excludes halogenated alkanes) is 6. The van der Waals surface area contributed by atoms with Gasteiger partial charge in [0.05, 0.1) is 4.90 Å².